The van der Waals surface area contributed by atoms with Gasteiger partial charge in [0.25, 0.3) is 0 Å². The summed E-state index contributed by atoms with van der Waals surface area (Å²) in [5.74, 6) is 0.964. The van der Waals surface area contributed by atoms with Crippen LogP contribution in [0.1, 0.15) is 191 Å². The minimum atomic E-state index is -2.12. The van der Waals surface area contributed by atoms with Crippen LogP contribution in [0, 0.1) is 23.7 Å². The molecule has 314 valence electrons. The Morgan fingerprint density at radius 3 is 1.02 bits per heavy atom. The summed E-state index contributed by atoms with van der Waals surface area (Å²) in [6.07, 6.45) is 31.9. The maximum Gasteiger partial charge on any atom is 0.339 e. The van der Waals surface area contributed by atoms with E-state index in [0.29, 0.717) is 0 Å². The highest BCUT2D eigenvalue weighted by molar-refractivity contribution is 5.90. The van der Waals surface area contributed by atoms with Gasteiger partial charge in [-0.1, -0.05) is 191 Å². The Hall–Kier alpha value is -2.70. The van der Waals surface area contributed by atoms with E-state index in [2.05, 4.69) is 38.1 Å². The Kier molecular flexibility index (Phi) is 19.9. The molecule has 0 bridgehead atoms. The Labute approximate surface area is 340 Å². The SMILES string of the molecule is CCCCCC1CCC(CCCCc2ccc(CO[C@@](C)(C(=O)O)[C@@](C)(OCc3ccc(CCCCC4CCC(CCCCC)CC4)cc3)C(=O)O)cc2)CC1. The molecule has 0 radical (unpaired) electrons. The summed E-state index contributed by atoms with van der Waals surface area (Å²) in [6, 6.07) is 16.1. The summed E-state index contributed by atoms with van der Waals surface area (Å²) in [7, 11) is 0. The van der Waals surface area contributed by atoms with Crippen LogP contribution in [-0.4, -0.2) is 33.4 Å². The summed E-state index contributed by atoms with van der Waals surface area (Å²) in [6.45, 7) is 7.11. The summed E-state index contributed by atoms with van der Waals surface area (Å²) in [5.41, 5.74) is -0.147. The van der Waals surface area contributed by atoms with Crippen LogP contribution >= 0.6 is 0 Å². The Balaban J connectivity index is 1.17. The van der Waals surface area contributed by atoms with Crippen molar-refractivity contribution in [3.63, 3.8) is 0 Å². The van der Waals surface area contributed by atoms with Gasteiger partial charge in [0, 0.05) is 0 Å². The maximum atomic E-state index is 12.7. The van der Waals surface area contributed by atoms with Gasteiger partial charge in [0.2, 0.25) is 11.2 Å². The van der Waals surface area contributed by atoms with Gasteiger partial charge in [0.05, 0.1) is 13.2 Å². The van der Waals surface area contributed by atoms with Crippen molar-refractivity contribution < 1.29 is 29.3 Å². The molecule has 56 heavy (non-hydrogen) atoms. The normalized spacial score (nSPS) is 22.3. The first-order valence-electron chi connectivity index (χ1n) is 23.0. The zero-order chi connectivity index (χ0) is 40.2. The first-order chi connectivity index (χ1) is 27.1. The first-order valence-corrected chi connectivity index (χ1v) is 23.0. The predicted molar refractivity (Wildman–Crippen MR) is 229 cm³/mol. The number of ether oxygens (including phenoxy) is 2. The summed E-state index contributed by atoms with van der Waals surface area (Å²) in [5, 5.41) is 20.6. The second-order valence-electron chi connectivity index (χ2n) is 18.1. The molecule has 2 atom stereocenters. The summed E-state index contributed by atoms with van der Waals surface area (Å²) >= 11 is 0. The van der Waals surface area contributed by atoms with Crippen LogP contribution in [0.4, 0.5) is 0 Å². The fourth-order valence-electron chi connectivity index (χ4n) is 9.37. The van der Waals surface area contributed by atoms with Crippen molar-refractivity contribution in [2.45, 2.75) is 206 Å². The van der Waals surface area contributed by atoms with E-state index in [1.165, 1.54) is 166 Å². The van der Waals surface area contributed by atoms with E-state index >= 15 is 0 Å². The number of hydrogen-bond acceptors (Lipinski definition) is 4. The smallest absolute Gasteiger partial charge is 0.339 e. The number of aliphatic carboxylic acids is 2. The molecule has 2 saturated carbocycles. The second-order valence-corrected chi connectivity index (χ2v) is 18.1. The molecular formula is C50H78O6. The van der Waals surface area contributed by atoms with Crippen LogP contribution in [0.2, 0.25) is 0 Å². The number of aryl methyl sites for hydroxylation is 2. The Bertz CT molecular complexity index is 1280. The van der Waals surface area contributed by atoms with Crippen LogP contribution in [0.15, 0.2) is 48.5 Å². The molecule has 2 aliphatic rings. The highest BCUT2D eigenvalue weighted by Crippen LogP contribution is 2.37. The Morgan fingerprint density at radius 2 is 0.750 bits per heavy atom. The topological polar surface area (TPSA) is 93.1 Å². The number of rotatable bonds is 27. The van der Waals surface area contributed by atoms with Crippen molar-refractivity contribution in [1.29, 1.82) is 0 Å². The van der Waals surface area contributed by atoms with Gasteiger partial charge < -0.3 is 19.7 Å². The monoisotopic (exact) mass is 775 g/mol. The standard InChI is InChI=1S/C50H78O6/c1-5-7-9-15-39-21-25-41(26-22-39)17-11-13-19-43-29-33-45(34-30-43)37-55-49(3,47(51)52)50(4,48(53)54)56-38-46-35-31-44(32-36-46)20-14-12-18-42-27-23-40(24-28-42)16-10-8-6-2/h29-36,39-42H,5-28,37-38H2,1-4H3,(H,51,52)(H,53,54)/t39?,40?,41?,42?,49-,50-/m0/s1. The van der Waals surface area contributed by atoms with Crippen molar-refractivity contribution in [3.05, 3.63) is 70.8 Å². The van der Waals surface area contributed by atoms with Crippen molar-refractivity contribution >= 4 is 11.9 Å². The molecule has 2 fully saturated rings. The van der Waals surface area contributed by atoms with Gasteiger partial charge in [-0.25, -0.2) is 9.59 Å². The molecule has 0 aromatic heterocycles. The number of unbranched alkanes of at least 4 members (excludes halogenated alkanes) is 6. The molecule has 2 aliphatic carbocycles. The maximum absolute atomic E-state index is 12.7. The molecule has 2 aromatic rings. The number of carboxylic acid groups (broad SMARTS) is 2. The predicted octanol–water partition coefficient (Wildman–Crippen LogP) is 13.3. The quantitative estimate of drug-likeness (QED) is 0.0878. The first kappa shape index (κ1) is 46.0. The van der Waals surface area contributed by atoms with Crippen LogP contribution in [-0.2, 0) is 45.1 Å². The molecule has 2 aromatic carbocycles. The number of hydrogen-bond donors (Lipinski definition) is 2. The molecular weight excluding hydrogens is 697 g/mol. The summed E-state index contributed by atoms with van der Waals surface area (Å²) in [4.78, 5) is 25.3. The number of carboxylic acids is 2. The van der Waals surface area contributed by atoms with Crippen LogP contribution in [0.5, 0.6) is 0 Å². The molecule has 0 amide bonds. The number of carbonyl (C=O) groups is 2. The molecule has 4 rings (SSSR count). The van der Waals surface area contributed by atoms with Gasteiger partial charge in [-0.15, -0.1) is 0 Å². The van der Waals surface area contributed by atoms with Gasteiger partial charge >= 0.3 is 11.9 Å². The summed E-state index contributed by atoms with van der Waals surface area (Å²) < 4.78 is 11.9. The molecule has 6 nitrogen and oxygen atoms in total. The Morgan fingerprint density at radius 1 is 0.482 bits per heavy atom. The zero-order valence-corrected chi connectivity index (χ0v) is 35.8. The van der Waals surface area contributed by atoms with E-state index in [0.717, 1.165) is 47.6 Å². The van der Waals surface area contributed by atoms with Gasteiger partial charge in [0.15, 0.2) is 0 Å². The van der Waals surface area contributed by atoms with E-state index in [1.54, 1.807) is 0 Å². The fourth-order valence-corrected chi connectivity index (χ4v) is 9.37. The van der Waals surface area contributed by atoms with Gasteiger partial charge in [-0.05, 0) is 85.5 Å². The van der Waals surface area contributed by atoms with Gasteiger partial charge in [-0.2, -0.15) is 0 Å². The average molecular weight is 775 g/mol. The molecule has 2 N–H and O–H groups in total. The minimum Gasteiger partial charge on any atom is -0.479 e. The molecule has 0 aliphatic heterocycles. The van der Waals surface area contributed by atoms with Crippen molar-refractivity contribution in [1.82, 2.24) is 0 Å². The second kappa shape index (κ2) is 24.3. The van der Waals surface area contributed by atoms with E-state index < -0.39 is 23.1 Å². The zero-order valence-electron chi connectivity index (χ0n) is 35.8. The third-order valence-corrected chi connectivity index (χ3v) is 13.8. The van der Waals surface area contributed by atoms with Crippen molar-refractivity contribution in [2.24, 2.45) is 23.7 Å². The lowest BCUT2D eigenvalue weighted by Gasteiger charge is -2.39. The van der Waals surface area contributed by atoms with E-state index in [9.17, 15) is 19.8 Å². The highest BCUT2D eigenvalue weighted by Gasteiger charge is 2.58. The van der Waals surface area contributed by atoms with Crippen molar-refractivity contribution in [2.75, 3.05) is 0 Å². The molecule has 6 heteroatoms. The molecule has 0 spiro atoms. The third-order valence-electron chi connectivity index (χ3n) is 13.8. The lowest BCUT2D eigenvalue weighted by molar-refractivity contribution is -0.227. The highest BCUT2D eigenvalue weighted by atomic mass is 16.6. The molecule has 0 unspecified atom stereocenters. The fraction of sp³-hybridized carbons (Fsp3) is 0.720. The van der Waals surface area contributed by atoms with Crippen LogP contribution in [0.25, 0.3) is 0 Å². The van der Waals surface area contributed by atoms with E-state index in [4.69, 9.17) is 9.47 Å². The van der Waals surface area contributed by atoms with Crippen molar-refractivity contribution in [3.8, 4) is 0 Å². The van der Waals surface area contributed by atoms with Gasteiger partial charge in [0.1, 0.15) is 0 Å². The largest absolute Gasteiger partial charge is 0.479 e. The third kappa shape index (κ3) is 14.6. The van der Waals surface area contributed by atoms with E-state index in [1.807, 2.05) is 24.3 Å². The lowest BCUT2D eigenvalue weighted by atomic mass is 9.78. The van der Waals surface area contributed by atoms with Gasteiger partial charge in [-0.3, -0.25) is 0 Å². The minimum absolute atomic E-state index is 0.0363. The molecule has 0 saturated heterocycles. The average Bonchev–Trinajstić information content (AvgIpc) is 3.21. The van der Waals surface area contributed by atoms with E-state index in [-0.39, 0.29) is 13.2 Å². The van der Waals surface area contributed by atoms with Crippen LogP contribution < -0.4 is 0 Å². The number of benzene rings is 2. The lowest BCUT2D eigenvalue weighted by Crippen LogP contribution is -2.63. The molecule has 0 heterocycles. The van der Waals surface area contributed by atoms with Crippen LogP contribution in [0.3, 0.4) is 0 Å².